The fraction of sp³-hybridized carbons (Fsp3) is 0.364. The molecule has 1 saturated heterocycles. The number of hydrogen-bond donors (Lipinski definition) is 0. The van der Waals surface area contributed by atoms with Gasteiger partial charge < -0.3 is 14.2 Å². The highest BCUT2D eigenvalue weighted by Crippen LogP contribution is 2.32. The predicted octanol–water partition coefficient (Wildman–Crippen LogP) is 3.75. The molecule has 11 heteroatoms. The van der Waals surface area contributed by atoms with Crippen LogP contribution in [0.4, 0.5) is 13.9 Å². The van der Waals surface area contributed by atoms with E-state index in [-0.39, 0.29) is 30.4 Å². The number of thiazole rings is 1. The summed E-state index contributed by atoms with van der Waals surface area (Å²) in [5.41, 5.74) is 0.0428. The number of benzene rings is 2. The van der Waals surface area contributed by atoms with Crippen molar-refractivity contribution in [1.82, 2.24) is 9.88 Å². The topological polar surface area (TPSA) is 64.1 Å². The molecular formula is C22H24ClF2N3O4S. The molecule has 0 aliphatic carbocycles. The second kappa shape index (κ2) is 11.6. The number of rotatable bonds is 8. The fourth-order valence-corrected chi connectivity index (χ4v) is 4.46. The summed E-state index contributed by atoms with van der Waals surface area (Å²) in [5.74, 6) is -0.833. The highest BCUT2D eigenvalue weighted by atomic mass is 35.5. The van der Waals surface area contributed by atoms with Crippen LogP contribution >= 0.6 is 23.7 Å². The molecule has 0 atom stereocenters. The Labute approximate surface area is 200 Å². The summed E-state index contributed by atoms with van der Waals surface area (Å²) in [6.07, 6.45) is 0. The van der Waals surface area contributed by atoms with Gasteiger partial charge in [-0.1, -0.05) is 23.5 Å². The van der Waals surface area contributed by atoms with Gasteiger partial charge in [-0.15, -0.1) is 12.4 Å². The number of carbonyl (C=O) groups is 1. The van der Waals surface area contributed by atoms with Crippen LogP contribution in [0.15, 0.2) is 36.4 Å². The van der Waals surface area contributed by atoms with Crippen molar-refractivity contribution in [2.45, 2.75) is 0 Å². The van der Waals surface area contributed by atoms with Crippen molar-refractivity contribution in [1.29, 1.82) is 0 Å². The van der Waals surface area contributed by atoms with Gasteiger partial charge in [-0.2, -0.15) is 0 Å². The van der Waals surface area contributed by atoms with Gasteiger partial charge in [0.15, 0.2) is 29.1 Å². The number of aromatic nitrogens is 1. The number of hydrogen-bond acceptors (Lipinski definition) is 7. The number of anilines is 1. The molecule has 1 aromatic heterocycles. The smallest absolute Gasteiger partial charge is 0.266 e. The van der Waals surface area contributed by atoms with Gasteiger partial charge in [-0.3, -0.25) is 14.6 Å². The van der Waals surface area contributed by atoms with Gasteiger partial charge in [0.25, 0.3) is 5.91 Å². The summed E-state index contributed by atoms with van der Waals surface area (Å²) >= 11 is 1.07. The van der Waals surface area contributed by atoms with Gasteiger partial charge in [-0.25, -0.2) is 13.8 Å². The minimum absolute atomic E-state index is 0. The molecule has 0 saturated carbocycles. The van der Waals surface area contributed by atoms with Crippen molar-refractivity contribution in [2.75, 3.05) is 58.0 Å². The number of halogens is 3. The number of amides is 1. The van der Waals surface area contributed by atoms with E-state index in [9.17, 15) is 13.6 Å². The molecule has 2 aromatic carbocycles. The summed E-state index contributed by atoms with van der Waals surface area (Å²) in [4.78, 5) is 21.1. The summed E-state index contributed by atoms with van der Waals surface area (Å²) in [5, 5.41) is 0.298. The number of fused-ring (bicyclic) bond motifs is 1. The Bertz CT molecular complexity index is 1090. The van der Waals surface area contributed by atoms with Crippen LogP contribution in [0.3, 0.4) is 0 Å². The zero-order chi connectivity index (χ0) is 22.5. The van der Waals surface area contributed by atoms with Crippen LogP contribution in [0.5, 0.6) is 11.5 Å². The molecule has 2 heterocycles. The van der Waals surface area contributed by atoms with E-state index in [0.717, 1.165) is 30.5 Å². The van der Waals surface area contributed by atoms with Crippen LogP contribution in [0, 0.1) is 11.6 Å². The van der Waals surface area contributed by atoms with Crippen LogP contribution in [0.25, 0.3) is 10.2 Å². The lowest BCUT2D eigenvalue weighted by atomic mass is 10.3. The van der Waals surface area contributed by atoms with Crippen LogP contribution in [-0.4, -0.2) is 68.9 Å². The molecule has 1 aliphatic heterocycles. The maximum Gasteiger partial charge on any atom is 0.266 e. The molecule has 0 radical (unpaired) electrons. The van der Waals surface area contributed by atoms with Crippen LogP contribution < -0.4 is 14.4 Å². The third-order valence-corrected chi connectivity index (χ3v) is 6.12. The van der Waals surface area contributed by atoms with E-state index in [2.05, 4.69) is 9.88 Å². The third-order valence-electron chi connectivity index (χ3n) is 5.10. The molecule has 4 rings (SSSR count). The predicted molar refractivity (Wildman–Crippen MR) is 125 cm³/mol. The Balaban J connectivity index is 0.00000306. The minimum atomic E-state index is -0.756. The van der Waals surface area contributed by atoms with Crippen LogP contribution in [0.1, 0.15) is 0 Å². The Morgan fingerprint density at radius 1 is 1.21 bits per heavy atom. The first-order chi connectivity index (χ1) is 15.5. The van der Waals surface area contributed by atoms with E-state index in [0.29, 0.717) is 47.6 Å². The van der Waals surface area contributed by atoms with E-state index in [4.69, 9.17) is 14.2 Å². The van der Waals surface area contributed by atoms with Crippen molar-refractivity contribution >= 4 is 45.0 Å². The Morgan fingerprint density at radius 2 is 1.94 bits per heavy atom. The lowest BCUT2D eigenvalue weighted by Gasteiger charge is -2.29. The van der Waals surface area contributed by atoms with Crippen molar-refractivity contribution in [3.63, 3.8) is 0 Å². The van der Waals surface area contributed by atoms with Gasteiger partial charge in [0.2, 0.25) is 0 Å². The van der Waals surface area contributed by atoms with Crippen molar-refractivity contribution in [3.05, 3.63) is 48.0 Å². The number of nitrogens with zero attached hydrogens (tertiary/aromatic N) is 3. The molecule has 33 heavy (non-hydrogen) atoms. The maximum atomic E-state index is 14.2. The number of methoxy groups -OCH3 is 1. The van der Waals surface area contributed by atoms with Gasteiger partial charge in [0, 0.05) is 32.2 Å². The minimum Gasteiger partial charge on any atom is -0.493 e. The SMILES string of the molecule is COc1ccccc1OCC(=O)N(CCN1CCOCC1)c1nc2c(F)cc(F)cc2s1.Cl. The van der Waals surface area contributed by atoms with E-state index < -0.39 is 11.6 Å². The van der Waals surface area contributed by atoms with Gasteiger partial charge in [-0.05, 0) is 18.2 Å². The van der Waals surface area contributed by atoms with Crippen molar-refractivity contribution in [3.8, 4) is 11.5 Å². The van der Waals surface area contributed by atoms with Crippen molar-refractivity contribution < 1.29 is 27.8 Å². The van der Waals surface area contributed by atoms with Crippen LogP contribution in [0.2, 0.25) is 0 Å². The molecule has 0 spiro atoms. The first-order valence-corrected chi connectivity index (χ1v) is 11.0. The number of morpholine rings is 1. The summed E-state index contributed by atoms with van der Waals surface area (Å²) in [7, 11) is 1.52. The molecule has 0 unspecified atom stereocenters. The normalized spacial score (nSPS) is 14.0. The number of ether oxygens (including phenoxy) is 3. The van der Waals surface area contributed by atoms with Gasteiger partial charge in [0.1, 0.15) is 11.3 Å². The lowest BCUT2D eigenvalue weighted by molar-refractivity contribution is -0.120. The summed E-state index contributed by atoms with van der Waals surface area (Å²) < 4.78 is 44.5. The summed E-state index contributed by atoms with van der Waals surface area (Å²) in [6.45, 7) is 3.47. The van der Waals surface area contributed by atoms with E-state index in [1.54, 1.807) is 24.3 Å². The zero-order valence-corrected chi connectivity index (χ0v) is 19.6. The monoisotopic (exact) mass is 499 g/mol. The maximum absolute atomic E-state index is 14.2. The Morgan fingerprint density at radius 3 is 2.67 bits per heavy atom. The largest absolute Gasteiger partial charge is 0.493 e. The first-order valence-electron chi connectivity index (χ1n) is 10.2. The van der Waals surface area contributed by atoms with E-state index in [1.807, 2.05) is 0 Å². The lowest BCUT2D eigenvalue weighted by Crippen LogP contribution is -2.44. The second-order valence-corrected chi connectivity index (χ2v) is 8.18. The summed E-state index contributed by atoms with van der Waals surface area (Å²) in [6, 6.07) is 9.04. The molecular weight excluding hydrogens is 476 g/mol. The third kappa shape index (κ3) is 6.08. The highest BCUT2D eigenvalue weighted by Gasteiger charge is 2.23. The molecule has 1 aliphatic rings. The van der Waals surface area contributed by atoms with Crippen LogP contribution in [-0.2, 0) is 9.53 Å². The molecule has 178 valence electrons. The molecule has 3 aromatic rings. The number of carbonyl (C=O) groups excluding carboxylic acids is 1. The number of para-hydroxylation sites is 2. The molecule has 0 bridgehead atoms. The molecule has 0 N–H and O–H groups in total. The zero-order valence-electron chi connectivity index (χ0n) is 18.0. The molecule has 7 nitrogen and oxygen atoms in total. The second-order valence-electron chi connectivity index (χ2n) is 7.17. The van der Waals surface area contributed by atoms with Gasteiger partial charge >= 0.3 is 0 Å². The van der Waals surface area contributed by atoms with Gasteiger partial charge in [0.05, 0.1) is 25.0 Å². The average molecular weight is 500 g/mol. The van der Waals surface area contributed by atoms with E-state index >= 15 is 0 Å². The highest BCUT2D eigenvalue weighted by molar-refractivity contribution is 7.22. The standard InChI is InChI=1S/C22H23F2N3O4S.ClH/c1-29-17-4-2-3-5-18(17)31-14-20(28)27(7-6-26-8-10-30-11-9-26)22-25-21-16(24)12-15(23)13-19(21)32-22;/h2-5,12-13H,6-11,14H2,1H3;1H. The Kier molecular flexibility index (Phi) is 8.79. The van der Waals surface area contributed by atoms with Crippen molar-refractivity contribution in [2.24, 2.45) is 0 Å². The molecule has 1 fully saturated rings. The fourth-order valence-electron chi connectivity index (χ4n) is 3.41. The molecule has 1 amide bonds. The quantitative estimate of drug-likeness (QED) is 0.470. The Hall–Kier alpha value is -2.53. The first kappa shape index (κ1) is 25.1. The van der Waals surface area contributed by atoms with E-state index in [1.165, 1.54) is 18.1 Å². The average Bonchev–Trinajstić information content (AvgIpc) is 3.22.